The van der Waals surface area contributed by atoms with Gasteiger partial charge in [-0.2, -0.15) is 5.26 Å². The van der Waals surface area contributed by atoms with Crippen LogP contribution in [-0.4, -0.2) is 30.9 Å². The molecule has 0 radical (unpaired) electrons. The van der Waals surface area contributed by atoms with Crippen LogP contribution >= 0.6 is 7.60 Å². The summed E-state index contributed by atoms with van der Waals surface area (Å²) < 4.78 is 25.7. The zero-order valence-electron chi connectivity index (χ0n) is 25.3. The molecule has 0 aromatic carbocycles. The maximum atomic E-state index is 14.5. The van der Waals surface area contributed by atoms with Gasteiger partial charge < -0.3 is 9.05 Å². The number of allylic oxidation sites excluding steroid dienone is 4. The Balaban J connectivity index is 1.72. The first-order valence-corrected chi connectivity index (χ1v) is 16.1. The van der Waals surface area contributed by atoms with E-state index >= 15 is 0 Å². The minimum atomic E-state index is -3.47. The quantitative estimate of drug-likeness (QED) is 0.336. The summed E-state index contributed by atoms with van der Waals surface area (Å²) in [4.78, 5) is 27.8. The second kappa shape index (κ2) is 8.50. The lowest BCUT2D eigenvalue weighted by Crippen LogP contribution is -2.66. The van der Waals surface area contributed by atoms with Gasteiger partial charge in [0.15, 0.2) is 11.6 Å². The Labute approximate surface area is 234 Å². The molecule has 214 valence electrons. The number of nitriles is 1. The van der Waals surface area contributed by atoms with Crippen LogP contribution in [0.3, 0.4) is 0 Å². The number of Topliss-reactive ketones (excluding diaryl/α,β-unsaturated/α-hetero) is 1. The first-order valence-electron chi connectivity index (χ1n) is 14.6. The van der Waals surface area contributed by atoms with Gasteiger partial charge in [0.25, 0.3) is 0 Å². The highest BCUT2D eigenvalue weighted by Gasteiger charge is 2.72. The highest BCUT2D eigenvalue weighted by atomic mass is 31.2. The monoisotopic (exact) mass is 555 g/mol. The highest BCUT2D eigenvalue weighted by molar-refractivity contribution is 7.55. The number of hydrogen-bond acceptors (Lipinski definition) is 6. The molecule has 7 atom stereocenters. The fourth-order valence-corrected chi connectivity index (χ4v) is 12.8. The van der Waals surface area contributed by atoms with Crippen molar-refractivity contribution in [1.82, 2.24) is 0 Å². The van der Waals surface area contributed by atoms with E-state index in [0.717, 1.165) is 44.1 Å². The van der Waals surface area contributed by atoms with Gasteiger partial charge in [-0.25, -0.2) is 0 Å². The van der Waals surface area contributed by atoms with Crippen LogP contribution in [0.25, 0.3) is 0 Å². The number of nitrogens with zero attached hydrogens (tertiary/aromatic N) is 1. The number of rotatable bonds is 3. The van der Waals surface area contributed by atoms with E-state index in [1.807, 2.05) is 26.0 Å². The van der Waals surface area contributed by atoms with Crippen LogP contribution < -0.4 is 0 Å². The molecule has 0 aliphatic heterocycles. The number of fused-ring (bicyclic) bond motifs is 7. The molecule has 0 spiro atoms. The van der Waals surface area contributed by atoms with Crippen molar-refractivity contribution in [3.05, 3.63) is 23.3 Å². The number of carbonyl (C=O) groups excluding carboxylic acids is 2. The molecule has 5 aliphatic carbocycles. The van der Waals surface area contributed by atoms with Crippen molar-refractivity contribution in [3.8, 4) is 6.07 Å². The topological polar surface area (TPSA) is 93.5 Å². The van der Waals surface area contributed by atoms with Crippen molar-refractivity contribution in [3.63, 3.8) is 0 Å². The molecule has 7 heteroatoms. The van der Waals surface area contributed by atoms with E-state index in [4.69, 9.17) is 9.05 Å². The molecular weight excluding hydrogens is 509 g/mol. The summed E-state index contributed by atoms with van der Waals surface area (Å²) >= 11 is 0. The molecule has 0 N–H and O–H groups in total. The van der Waals surface area contributed by atoms with E-state index in [2.05, 4.69) is 40.7 Å². The molecule has 0 saturated heterocycles. The molecule has 0 unspecified atom stereocenters. The average molecular weight is 556 g/mol. The van der Waals surface area contributed by atoms with Crippen LogP contribution in [0.4, 0.5) is 0 Å². The second-order valence-electron chi connectivity index (χ2n) is 15.2. The number of carbonyl (C=O) groups is 2. The summed E-state index contributed by atoms with van der Waals surface area (Å²) in [7, 11) is -0.503. The lowest BCUT2D eigenvalue weighted by molar-refractivity contribution is -0.154. The fourth-order valence-electron chi connectivity index (χ4n) is 10.5. The lowest BCUT2D eigenvalue weighted by Gasteiger charge is -2.69. The predicted octanol–water partition coefficient (Wildman–Crippen LogP) is 7.44. The molecule has 3 saturated carbocycles. The van der Waals surface area contributed by atoms with Crippen molar-refractivity contribution < 1.29 is 23.2 Å². The van der Waals surface area contributed by atoms with Gasteiger partial charge in [0.05, 0.1) is 10.7 Å². The molecule has 0 bridgehead atoms. The Morgan fingerprint density at radius 1 is 0.949 bits per heavy atom. The second-order valence-corrected chi connectivity index (χ2v) is 17.8. The van der Waals surface area contributed by atoms with Crippen LogP contribution in [0.15, 0.2) is 23.3 Å². The largest absolute Gasteiger partial charge is 0.336 e. The van der Waals surface area contributed by atoms with Crippen molar-refractivity contribution in [1.29, 1.82) is 5.26 Å². The van der Waals surface area contributed by atoms with Crippen molar-refractivity contribution in [2.75, 3.05) is 14.2 Å². The molecule has 6 nitrogen and oxygen atoms in total. The normalized spacial score (nSPS) is 44.6. The van der Waals surface area contributed by atoms with Crippen LogP contribution in [0.2, 0.25) is 0 Å². The maximum absolute atomic E-state index is 14.5. The van der Waals surface area contributed by atoms with Crippen molar-refractivity contribution in [2.24, 2.45) is 44.8 Å². The molecule has 3 fully saturated rings. The first kappa shape index (κ1) is 29.0. The zero-order chi connectivity index (χ0) is 29.0. The van der Waals surface area contributed by atoms with E-state index in [1.54, 1.807) is 0 Å². The molecule has 0 amide bonds. The van der Waals surface area contributed by atoms with Crippen molar-refractivity contribution >= 4 is 19.2 Å². The Kier molecular flexibility index (Phi) is 6.31. The van der Waals surface area contributed by atoms with E-state index in [9.17, 15) is 19.4 Å². The number of hydrogen-bond donors (Lipinski definition) is 0. The summed E-state index contributed by atoms with van der Waals surface area (Å²) in [6.07, 6.45) is 9.38. The van der Waals surface area contributed by atoms with Gasteiger partial charge in [-0.15, -0.1) is 0 Å². The summed E-state index contributed by atoms with van der Waals surface area (Å²) in [6.45, 7) is 15.2. The first-order chi connectivity index (χ1) is 17.9. The molecule has 0 aromatic rings. The van der Waals surface area contributed by atoms with Gasteiger partial charge in [0.1, 0.15) is 6.07 Å². The maximum Gasteiger partial charge on any atom is 0.336 e. The van der Waals surface area contributed by atoms with Gasteiger partial charge in [-0.1, -0.05) is 60.1 Å². The number of ketones is 2. The third kappa shape index (κ3) is 3.42. The molecule has 39 heavy (non-hydrogen) atoms. The van der Waals surface area contributed by atoms with Crippen LogP contribution in [0, 0.1) is 56.2 Å². The standard InChI is InChI=1S/C32H46NO5P/c1-27(2)12-14-32(39(36,37-8)38-9)15-13-31(7)25(21(32)18-27)22(34)16-24-29(5)17-20(19-33)26(35)28(3,4)23(29)10-11-30(24,31)6/h16-17,21,23,25H,10-15,18H2,1-9H3/t21-,23-,25-,29-,30+,31+,32-/m0/s1. The summed E-state index contributed by atoms with van der Waals surface area (Å²) in [6, 6.07) is 2.17. The molecule has 5 rings (SSSR count). The summed E-state index contributed by atoms with van der Waals surface area (Å²) in [5, 5.41) is 9.22. The lowest BCUT2D eigenvalue weighted by atomic mass is 9.35. The van der Waals surface area contributed by atoms with Gasteiger partial charge in [-0.3, -0.25) is 14.2 Å². The summed E-state index contributed by atoms with van der Waals surface area (Å²) in [5.41, 5.74) is -0.602. The smallest absolute Gasteiger partial charge is 0.312 e. The fraction of sp³-hybridized carbons (Fsp3) is 0.781. The van der Waals surface area contributed by atoms with Crippen LogP contribution in [0.5, 0.6) is 0 Å². The Hall–Kier alpha value is -1.54. The SMILES string of the molecule is COP(=O)(OC)[C@]12CCC(C)(C)C[C@H]1[C@H]1C(=O)C=C3[C@@]4(C)C=C(C#N)C(=O)C(C)(C)[C@@H]4CC[C@@]3(C)[C@]1(C)CC2. The molecular formula is C32H46NO5P. The average Bonchev–Trinajstić information content (AvgIpc) is 2.86. The molecule has 0 heterocycles. The van der Waals surface area contributed by atoms with Gasteiger partial charge in [-0.05, 0) is 79.1 Å². The molecule has 5 aliphatic rings. The zero-order valence-corrected chi connectivity index (χ0v) is 26.2. The van der Waals surface area contributed by atoms with E-state index in [-0.39, 0.29) is 51.1 Å². The summed E-state index contributed by atoms with van der Waals surface area (Å²) in [5.74, 6) is -0.395. The van der Waals surface area contributed by atoms with Gasteiger partial charge in [0, 0.05) is 31.0 Å². The predicted molar refractivity (Wildman–Crippen MR) is 151 cm³/mol. The van der Waals surface area contributed by atoms with Gasteiger partial charge >= 0.3 is 7.60 Å². The minimum absolute atomic E-state index is 0.0142. The molecule has 0 aromatic heterocycles. The Bertz CT molecular complexity index is 1280. The Morgan fingerprint density at radius 2 is 1.56 bits per heavy atom. The van der Waals surface area contributed by atoms with Crippen molar-refractivity contribution in [2.45, 2.75) is 98.6 Å². The van der Waals surface area contributed by atoms with Gasteiger partial charge in [0.2, 0.25) is 0 Å². The third-order valence-electron chi connectivity index (χ3n) is 12.8. The van der Waals surface area contributed by atoms with E-state index < -0.39 is 23.6 Å². The van der Waals surface area contributed by atoms with E-state index in [0.29, 0.717) is 6.42 Å². The van der Waals surface area contributed by atoms with Crippen LogP contribution in [-0.2, 0) is 23.2 Å². The minimum Gasteiger partial charge on any atom is -0.312 e. The van der Waals surface area contributed by atoms with E-state index in [1.165, 1.54) is 14.2 Å². The van der Waals surface area contributed by atoms with Crippen LogP contribution in [0.1, 0.15) is 93.4 Å². The third-order valence-corrected chi connectivity index (χ3v) is 15.7. The Morgan fingerprint density at radius 3 is 2.15 bits per heavy atom. The highest BCUT2D eigenvalue weighted by Crippen LogP contribution is 2.79.